The van der Waals surface area contributed by atoms with Gasteiger partial charge in [-0.25, -0.2) is 0 Å². The van der Waals surface area contributed by atoms with Crippen molar-refractivity contribution in [1.82, 2.24) is 5.32 Å². The fourth-order valence-corrected chi connectivity index (χ4v) is 10.5. The zero-order valence-corrected chi connectivity index (χ0v) is 51.0. The van der Waals surface area contributed by atoms with Crippen LogP contribution in [0.1, 0.15) is 322 Å². The van der Waals surface area contributed by atoms with Crippen LogP contribution >= 0.6 is 7.82 Å². The van der Waals surface area contributed by atoms with Gasteiger partial charge >= 0.3 is 0 Å². The van der Waals surface area contributed by atoms with Gasteiger partial charge in [0.15, 0.2) is 0 Å². The van der Waals surface area contributed by atoms with E-state index in [4.69, 9.17) is 9.05 Å². The zero-order chi connectivity index (χ0) is 54.2. The van der Waals surface area contributed by atoms with Gasteiger partial charge in [0.1, 0.15) is 13.2 Å². The lowest BCUT2D eigenvalue weighted by molar-refractivity contribution is -0.870. The minimum atomic E-state index is -4.60. The van der Waals surface area contributed by atoms with Crippen molar-refractivity contribution >= 4 is 13.7 Å². The lowest BCUT2D eigenvalue weighted by Gasteiger charge is -2.29. The Bertz CT molecular complexity index is 1300. The topological polar surface area (TPSA) is 108 Å². The molecule has 1 amide bonds. The van der Waals surface area contributed by atoms with Gasteiger partial charge in [0, 0.05) is 6.42 Å². The number of hydrogen-bond donors (Lipinski definition) is 2. The van der Waals surface area contributed by atoms with E-state index in [1.807, 2.05) is 27.2 Å². The molecule has 0 aliphatic carbocycles. The molecule has 8 nitrogen and oxygen atoms in total. The van der Waals surface area contributed by atoms with E-state index in [1.165, 1.54) is 263 Å². The summed E-state index contributed by atoms with van der Waals surface area (Å²) in [7, 11) is 1.25. The lowest BCUT2D eigenvalue weighted by Crippen LogP contribution is -2.45. The van der Waals surface area contributed by atoms with Crippen LogP contribution in [0, 0.1) is 0 Å². The summed E-state index contributed by atoms with van der Waals surface area (Å²) in [5, 5.41) is 13.8. The van der Waals surface area contributed by atoms with Crippen LogP contribution in [-0.2, 0) is 18.4 Å². The molecule has 0 heterocycles. The maximum absolute atomic E-state index is 12.9. The molecule has 0 fully saturated rings. The first-order chi connectivity index (χ1) is 36.0. The Labute approximate surface area is 461 Å². The highest BCUT2D eigenvalue weighted by Crippen LogP contribution is 2.38. The van der Waals surface area contributed by atoms with Gasteiger partial charge in [0.2, 0.25) is 5.91 Å². The molecular weight excluding hydrogens is 936 g/mol. The van der Waals surface area contributed by atoms with Crippen LogP contribution in [0.5, 0.6) is 0 Å². The number of phosphoric ester groups is 1. The molecule has 0 saturated heterocycles. The van der Waals surface area contributed by atoms with Crippen LogP contribution in [0.25, 0.3) is 0 Å². The second-order valence-electron chi connectivity index (χ2n) is 23.5. The third kappa shape index (κ3) is 58.4. The molecule has 0 aromatic heterocycles. The van der Waals surface area contributed by atoms with E-state index >= 15 is 0 Å². The van der Waals surface area contributed by atoms with Crippen molar-refractivity contribution < 1.29 is 32.9 Å². The molecule has 0 saturated carbocycles. The monoisotopic (exact) mass is 1060 g/mol. The first-order valence-electron chi connectivity index (χ1n) is 32.4. The summed E-state index contributed by atoms with van der Waals surface area (Å²) in [6, 6.07) is -0.900. The summed E-state index contributed by atoms with van der Waals surface area (Å²) in [6.45, 7) is 4.63. The average molecular weight is 1060 g/mol. The smallest absolute Gasteiger partial charge is 0.268 e. The van der Waals surface area contributed by atoms with Crippen LogP contribution in [-0.4, -0.2) is 68.5 Å². The van der Waals surface area contributed by atoms with Crippen LogP contribution in [0.2, 0.25) is 0 Å². The number of aliphatic hydroxyl groups excluding tert-OH is 1. The maximum Gasteiger partial charge on any atom is 0.268 e. The largest absolute Gasteiger partial charge is 0.756 e. The zero-order valence-electron chi connectivity index (χ0n) is 50.1. The molecule has 3 unspecified atom stereocenters. The Hall–Kier alpha value is -1.28. The Kier molecular flexibility index (Phi) is 55.5. The van der Waals surface area contributed by atoms with E-state index < -0.39 is 20.0 Å². The van der Waals surface area contributed by atoms with E-state index in [1.54, 1.807) is 6.08 Å². The fourth-order valence-electron chi connectivity index (χ4n) is 9.76. The molecule has 0 aliphatic heterocycles. The standard InChI is InChI=1S/C65H127N2O6P/c1-6-8-10-12-14-16-18-19-20-21-22-23-24-25-26-27-28-29-30-31-32-33-34-35-36-37-38-39-40-41-42-43-44-45-46-47-49-51-53-55-57-59-65(69)66-63(62-73-74(70,71)72-61-60-67(3,4)5)64(68)58-56-54-52-50-48-17-15-13-11-9-7-2/h21-22,48,50,56,58,63-64,68H,6-20,23-47,49,51-55,57,59-62H2,1-5H3,(H-,66,69,70,71)/b22-21-,50-48+,58-56+. The number of nitrogens with one attached hydrogen (secondary N) is 1. The highest BCUT2D eigenvalue weighted by Gasteiger charge is 2.23. The molecule has 9 heteroatoms. The minimum absolute atomic E-state index is 0.00475. The Morgan fingerprint density at radius 3 is 1.09 bits per heavy atom. The second kappa shape index (κ2) is 56.4. The molecule has 0 radical (unpaired) electrons. The first-order valence-corrected chi connectivity index (χ1v) is 33.8. The van der Waals surface area contributed by atoms with Gasteiger partial charge < -0.3 is 28.8 Å². The Morgan fingerprint density at radius 2 is 0.757 bits per heavy atom. The Balaban J connectivity index is 3.78. The molecule has 74 heavy (non-hydrogen) atoms. The number of unbranched alkanes of at least 4 members (excludes halogenated alkanes) is 43. The van der Waals surface area contributed by atoms with Gasteiger partial charge in [-0.05, 0) is 57.8 Å². The number of likely N-dealkylation sites (N-methyl/N-ethyl adjacent to an activating group) is 1. The molecule has 438 valence electrons. The van der Waals surface area contributed by atoms with E-state index in [-0.39, 0.29) is 19.1 Å². The van der Waals surface area contributed by atoms with Crippen molar-refractivity contribution in [1.29, 1.82) is 0 Å². The van der Waals surface area contributed by atoms with Crippen molar-refractivity contribution in [2.75, 3.05) is 40.9 Å². The number of aliphatic hydroxyl groups is 1. The number of hydrogen-bond acceptors (Lipinski definition) is 6. The highest BCUT2D eigenvalue weighted by atomic mass is 31.2. The number of allylic oxidation sites excluding steroid dienone is 5. The number of phosphoric acid groups is 1. The molecular formula is C65H127N2O6P. The van der Waals surface area contributed by atoms with Crippen molar-refractivity contribution in [2.24, 2.45) is 0 Å². The fraction of sp³-hybridized carbons (Fsp3) is 0.892. The molecule has 0 spiro atoms. The van der Waals surface area contributed by atoms with Crippen LogP contribution in [0.4, 0.5) is 0 Å². The summed E-state index contributed by atoms with van der Waals surface area (Å²) < 4.78 is 23.3. The van der Waals surface area contributed by atoms with Gasteiger partial charge in [-0.15, -0.1) is 0 Å². The van der Waals surface area contributed by atoms with E-state index in [2.05, 4.69) is 43.5 Å². The van der Waals surface area contributed by atoms with Crippen molar-refractivity contribution in [3.05, 3.63) is 36.5 Å². The van der Waals surface area contributed by atoms with Crippen LogP contribution < -0.4 is 10.2 Å². The number of nitrogens with zero attached hydrogens (tertiary/aromatic N) is 1. The van der Waals surface area contributed by atoms with Gasteiger partial charge in [-0.2, -0.15) is 0 Å². The van der Waals surface area contributed by atoms with Gasteiger partial charge in [-0.1, -0.05) is 294 Å². The van der Waals surface area contributed by atoms with Gasteiger partial charge in [-0.3, -0.25) is 9.36 Å². The number of amides is 1. The second-order valence-corrected chi connectivity index (χ2v) is 24.9. The summed E-state index contributed by atoms with van der Waals surface area (Å²) in [5.41, 5.74) is 0. The van der Waals surface area contributed by atoms with Crippen LogP contribution in [0.15, 0.2) is 36.5 Å². The number of carbonyl (C=O) groups excluding carboxylic acids is 1. The molecule has 0 aromatic carbocycles. The number of rotatable bonds is 60. The van der Waals surface area contributed by atoms with Crippen LogP contribution in [0.3, 0.4) is 0 Å². The van der Waals surface area contributed by atoms with E-state index in [0.29, 0.717) is 17.4 Å². The normalized spacial score (nSPS) is 14.0. The molecule has 0 bridgehead atoms. The van der Waals surface area contributed by atoms with Gasteiger partial charge in [0.25, 0.3) is 7.82 Å². The lowest BCUT2D eigenvalue weighted by atomic mass is 10.0. The van der Waals surface area contributed by atoms with E-state index in [0.717, 1.165) is 38.5 Å². The summed E-state index contributed by atoms with van der Waals surface area (Å²) in [4.78, 5) is 25.4. The van der Waals surface area contributed by atoms with Crippen molar-refractivity contribution in [3.63, 3.8) is 0 Å². The molecule has 3 atom stereocenters. The third-order valence-electron chi connectivity index (χ3n) is 14.8. The average Bonchev–Trinajstić information content (AvgIpc) is 3.36. The van der Waals surface area contributed by atoms with Gasteiger partial charge in [0.05, 0.1) is 39.9 Å². The SMILES string of the molecule is CCCCCCC/C=C/CC/C=C/C(O)C(COP(=O)([O-])OCC[N+](C)(C)C)NC(=O)CCCCCCCCCCCCCCCCCCCCCCCCCCCCCCC/C=C\CCCCCCCCCC. The molecule has 2 N–H and O–H groups in total. The maximum atomic E-state index is 12.9. The Morgan fingerprint density at radius 1 is 0.459 bits per heavy atom. The van der Waals surface area contributed by atoms with Crippen molar-refractivity contribution in [3.8, 4) is 0 Å². The van der Waals surface area contributed by atoms with Crippen molar-refractivity contribution in [2.45, 2.75) is 334 Å². The summed E-state index contributed by atoms with van der Waals surface area (Å²) in [5.74, 6) is -0.203. The highest BCUT2D eigenvalue weighted by molar-refractivity contribution is 7.45. The predicted octanol–water partition coefficient (Wildman–Crippen LogP) is 19.5. The number of carbonyl (C=O) groups is 1. The summed E-state index contributed by atoms with van der Waals surface area (Å²) >= 11 is 0. The predicted molar refractivity (Wildman–Crippen MR) is 321 cm³/mol. The molecule has 0 rings (SSSR count). The molecule has 0 aromatic rings. The first kappa shape index (κ1) is 72.7. The number of quaternary nitrogens is 1. The third-order valence-corrected chi connectivity index (χ3v) is 15.8. The summed E-state index contributed by atoms with van der Waals surface area (Å²) in [6.07, 6.45) is 74.4. The van der Waals surface area contributed by atoms with E-state index in [9.17, 15) is 19.4 Å². The molecule has 0 aliphatic rings. The minimum Gasteiger partial charge on any atom is -0.756 e. The quantitative estimate of drug-likeness (QED) is 0.0272.